The Bertz CT molecular complexity index is 591. The van der Waals surface area contributed by atoms with E-state index in [4.69, 9.17) is 4.74 Å². The second-order valence-corrected chi connectivity index (χ2v) is 6.01. The summed E-state index contributed by atoms with van der Waals surface area (Å²) in [7, 11) is 1.91. The SMILES string of the molecule is Cn1cc(C(NCC2(O)CCOCC2)c2ccccc2)cn1. The quantitative estimate of drug-likeness (QED) is 0.881. The van der Waals surface area contributed by atoms with Crippen LogP contribution in [0.25, 0.3) is 0 Å². The van der Waals surface area contributed by atoms with E-state index in [1.54, 1.807) is 4.68 Å². The predicted molar refractivity (Wildman–Crippen MR) is 84.5 cm³/mol. The molecule has 1 saturated heterocycles. The zero-order valence-corrected chi connectivity index (χ0v) is 12.9. The first-order chi connectivity index (χ1) is 10.7. The lowest BCUT2D eigenvalue weighted by atomic mass is 9.93. The Kier molecular flexibility index (Phi) is 4.57. The summed E-state index contributed by atoms with van der Waals surface area (Å²) in [6.07, 6.45) is 5.24. The molecular formula is C17H23N3O2. The maximum absolute atomic E-state index is 10.7. The number of hydrogen-bond acceptors (Lipinski definition) is 4. The fourth-order valence-corrected chi connectivity index (χ4v) is 2.88. The van der Waals surface area contributed by atoms with Crippen LogP contribution >= 0.6 is 0 Å². The average molecular weight is 301 g/mol. The highest BCUT2D eigenvalue weighted by molar-refractivity contribution is 5.29. The molecule has 2 heterocycles. The molecule has 0 bridgehead atoms. The maximum Gasteiger partial charge on any atom is 0.0815 e. The van der Waals surface area contributed by atoms with Gasteiger partial charge in [-0.25, -0.2) is 0 Å². The Labute approximate surface area is 130 Å². The van der Waals surface area contributed by atoms with E-state index in [1.165, 1.54) is 5.56 Å². The number of aliphatic hydroxyl groups is 1. The fourth-order valence-electron chi connectivity index (χ4n) is 2.88. The molecule has 3 rings (SSSR count). The topological polar surface area (TPSA) is 59.3 Å². The van der Waals surface area contributed by atoms with Crippen LogP contribution in [0.3, 0.4) is 0 Å². The van der Waals surface area contributed by atoms with Gasteiger partial charge in [0.15, 0.2) is 0 Å². The summed E-state index contributed by atoms with van der Waals surface area (Å²) in [6.45, 7) is 1.80. The van der Waals surface area contributed by atoms with Crippen LogP contribution in [-0.4, -0.2) is 40.2 Å². The highest BCUT2D eigenvalue weighted by Gasteiger charge is 2.30. The number of nitrogens with one attached hydrogen (secondary N) is 1. The molecule has 0 aliphatic carbocycles. The standard InChI is InChI=1S/C17H23N3O2/c1-20-12-15(11-19-20)16(14-5-3-2-4-6-14)18-13-17(21)7-9-22-10-8-17/h2-6,11-12,16,18,21H,7-10,13H2,1H3. The van der Waals surface area contributed by atoms with E-state index >= 15 is 0 Å². The molecule has 5 nitrogen and oxygen atoms in total. The number of ether oxygens (including phenoxy) is 1. The third-order valence-corrected chi connectivity index (χ3v) is 4.25. The molecule has 0 amide bonds. The zero-order valence-electron chi connectivity index (χ0n) is 12.9. The van der Waals surface area contributed by atoms with Crippen LogP contribution in [0.5, 0.6) is 0 Å². The summed E-state index contributed by atoms with van der Waals surface area (Å²) < 4.78 is 7.14. The molecule has 1 aromatic heterocycles. The average Bonchev–Trinajstić information content (AvgIpc) is 2.95. The third-order valence-electron chi connectivity index (χ3n) is 4.25. The number of aromatic nitrogens is 2. The van der Waals surface area contributed by atoms with E-state index < -0.39 is 5.60 Å². The highest BCUT2D eigenvalue weighted by atomic mass is 16.5. The number of rotatable bonds is 5. The van der Waals surface area contributed by atoms with Crippen molar-refractivity contribution in [2.24, 2.45) is 7.05 Å². The van der Waals surface area contributed by atoms with Gasteiger partial charge in [-0.15, -0.1) is 0 Å². The minimum atomic E-state index is -0.687. The first-order valence-corrected chi connectivity index (χ1v) is 7.73. The lowest BCUT2D eigenvalue weighted by molar-refractivity contribution is -0.0623. The van der Waals surface area contributed by atoms with Gasteiger partial charge in [0, 0.05) is 51.4 Å². The number of aryl methyl sites for hydroxylation is 1. The van der Waals surface area contributed by atoms with Crippen LogP contribution in [0.4, 0.5) is 0 Å². The van der Waals surface area contributed by atoms with Crippen molar-refractivity contribution < 1.29 is 9.84 Å². The van der Waals surface area contributed by atoms with Crippen molar-refractivity contribution in [3.05, 3.63) is 53.9 Å². The van der Waals surface area contributed by atoms with Crippen LogP contribution in [0.1, 0.15) is 30.0 Å². The van der Waals surface area contributed by atoms with E-state index in [2.05, 4.69) is 22.5 Å². The van der Waals surface area contributed by atoms with Crippen LogP contribution < -0.4 is 5.32 Å². The number of benzene rings is 1. The second kappa shape index (κ2) is 6.60. The first kappa shape index (κ1) is 15.2. The molecule has 0 radical (unpaired) electrons. The highest BCUT2D eigenvalue weighted by Crippen LogP contribution is 2.25. The van der Waals surface area contributed by atoms with Gasteiger partial charge >= 0.3 is 0 Å². The molecular weight excluding hydrogens is 278 g/mol. The van der Waals surface area contributed by atoms with E-state index in [0.29, 0.717) is 32.6 Å². The van der Waals surface area contributed by atoms with Gasteiger partial charge in [-0.3, -0.25) is 4.68 Å². The lowest BCUT2D eigenvalue weighted by Gasteiger charge is -2.33. The van der Waals surface area contributed by atoms with Gasteiger partial charge in [0.2, 0.25) is 0 Å². The third kappa shape index (κ3) is 3.55. The molecule has 22 heavy (non-hydrogen) atoms. The van der Waals surface area contributed by atoms with Gasteiger partial charge < -0.3 is 15.2 Å². The summed E-state index contributed by atoms with van der Waals surface area (Å²) in [5.41, 5.74) is 1.59. The molecule has 1 aliphatic rings. The molecule has 118 valence electrons. The normalized spacial score (nSPS) is 19.0. The summed E-state index contributed by atoms with van der Waals surface area (Å²) in [4.78, 5) is 0. The number of hydrogen-bond donors (Lipinski definition) is 2. The van der Waals surface area contributed by atoms with Crippen LogP contribution in [0.15, 0.2) is 42.7 Å². The van der Waals surface area contributed by atoms with Gasteiger partial charge in [-0.1, -0.05) is 30.3 Å². The van der Waals surface area contributed by atoms with E-state index in [-0.39, 0.29) is 6.04 Å². The molecule has 1 aromatic carbocycles. The monoisotopic (exact) mass is 301 g/mol. The molecule has 1 unspecified atom stereocenters. The minimum Gasteiger partial charge on any atom is -0.388 e. The maximum atomic E-state index is 10.7. The predicted octanol–water partition coefficient (Wildman–Crippen LogP) is 1.64. The molecule has 1 aliphatic heterocycles. The van der Waals surface area contributed by atoms with Crippen LogP contribution in [-0.2, 0) is 11.8 Å². The van der Waals surface area contributed by atoms with Crippen LogP contribution in [0.2, 0.25) is 0 Å². The minimum absolute atomic E-state index is 0.0294. The Balaban J connectivity index is 1.77. The lowest BCUT2D eigenvalue weighted by Crippen LogP contribution is -2.46. The first-order valence-electron chi connectivity index (χ1n) is 7.73. The molecule has 0 saturated carbocycles. The molecule has 1 atom stereocenters. The van der Waals surface area contributed by atoms with Gasteiger partial charge in [0.1, 0.15) is 0 Å². The van der Waals surface area contributed by atoms with E-state index in [9.17, 15) is 5.11 Å². The Hall–Kier alpha value is -1.69. The number of nitrogens with zero attached hydrogens (tertiary/aromatic N) is 2. The summed E-state index contributed by atoms with van der Waals surface area (Å²) in [5, 5.41) is 18.4. The Morgan fingerprint density at radius 3 is 2.64 bits per heavy atom. The molecule has 2 aromatic rings. The van der Waals surface area contributed by atoms with Crippen molar-refractivity contribution in [1.29, 1.82) is 0 Å². The van der Waals surface area contributed by atoms with Gasteiger partial charge in [0.25, 0.3) is 0 Å². The van der Waals surface area contributed by atoms with Crippen molar-refractivity contribution in [3.63, 3.8) is 0 Å². The van der Waals surface area contributed by atoms with Gasteiger partial charge in [0.05, 0.1) is 17.8 Å². The molecule has 0 spiro atoms. The van der Waals surface area contributed by atoms with Crippen molar-refractivity contribution in [3.8, 4) is 0 Å². The molecule has 5 heteroatoms. The summed E-state index contributed by atoms with van der Waals surface area (Å²) >= 11 is 0. The van der Waals surface area contributed by atoms with Crippen molar-refractivity contribution in [2.45, 2.75) is 24.5 Å². The Morgan fingerprint density at radius 1 is 1.27 bits per heavy atom. The van der Waals surface area contributed by atoms with Gasteiger partial charge in [-0.2, -0.15) is 5.10 Å². The van der Waals surface area contributed by atoms with Crippen molar-refractivity contribution >= 4 is 0 Å². The van der Waals surface area contributed by atoms with E-state index in [0.717, 1.165) is 5.56 Å². The molecule has 1 fully saturated rings. The van der Waals surface area contributed by atoms with Crippen molar-refractivity contribution in [1.82, 2.24) is 15.1 Å². The summed E-state index contributed by atoms with van der Waals surface area (Å²) in [6, 6.07) is 10.3. The smallest absolute Gasteiger partial charge is 0.0815 e. The largest absolute Gasteiger partial charge is 0.388 e. The second-order valence-electron chi connectivity index (χ2n) is 6.01. The summed E-state index contributed by atoms with van der Waals surface area (Å²) in [5.74, 6) is 0. The van der Waals surface area contributed by atoms with Crippen LogP contribution in [0, 0.1) is 0 Å². The Morgan fingerprint density at radius 2 is 2.00 bits per heavy atom. The van der Waals surface area contributed by atoms with Crippen molar-refractivity contribution in [2.75, 3.05) is 19.8 Å². The van der Waals surface area contributed by atoms with Gasteiger partial charge in [-0.05, 0) is 5.56 Å². The molecule has 2 N–H and O–H groups in total. The van der Waals surface area contributed by atoms with E-state index in [1.807, 2.05) is 37.6 Å². The fraction of sp³-hybridized carbons (Fsp3) is 0.471. The zero-order chi connectivity index (χ0) is 15.4.